The van der Waals surface area contributed by atoms with Gasteiger partial charge in [-0.2, -0.15) is 0 Å². The van der Waals surface area contributed by atoms with Crippen molar-refractivity contribution in [3.63, 3.8) is 0 Å². The highest BCUT2D eigenvalue weighted by Crippen LogP contribution is 2.31. The van der Waals surface area contributed by atoms with Crippen LogP contribution in [0.3, 0.4) is 0 Å². The molecule has 0 aliphatic rings. The highest BCUT2D eigenvalue weighted by molar-refractivity contribution is 5.63. The Morgan fingerprint density at radius 2 is 1.04 bits per heavy atom. The molecule has 0 heterocycles. The third-order valence-electron chi connectivity index (χ3n) is 4.92. The Morgan fingerprint density at radius 1 is 0.696 bits per heavy atom. The maximum atomic E-state index is 6.39. The molecule has 0 saturated heterocycles. The first-order valence-corrected chi connectivity index (χ1v) is 8.49. The van der Waals surface area contributed by atoms with Crippen LogP contribution in [-0.4, -0.2) is 0 Å². The van der Waals surface area contributed by atoms with Gasteiger partial charge in [-0.3, -0.25) is 0 Å². The minimum absolute atomic E-state index is 0.490. The molecule has 2 heteroatoms. The van der Waals surface area contributed by atoms with Gasteiger partial charge in [-0.1, -0.05) is 52.0 Å². The first-order chi connectivity index (χ1) is 10.7. The summed E-state index contributed by atoms with van der Waals surface area (Å²) in [6.07, 6.45) is 0.788. The number of anilines is 2. The van der Waals surface area contributed by atoms with Gasteiger partial charge in [0.05, 0.1) is 0 Å². The van der Waals surface area contributed by atoms with E-state index in [0.29, 0.717) is 11.8 Å². The zero-order chi connectivity index (χ0) is 17.3. The molecule has 0 bridgehead atoms. The van der Waals surface area contributed by atoms with E-state index in [4.69, 9.17) is 11.5 Å². The van der Waals surface area contributed by atoms with Crippen molar-refractivity contribution in [2.45, 2.75) is 59.8 Å². The smallest absolute Gasteiger partial charge is 0.0382 e. The maximum Gasteiger partial charge on any atom is 0.0382 e. The Morgan fingerprint density at radius 3 is 1.35 bits per heavy atom. The maximum absolute atomic E-state index is 6.39. The van der Waals surface area contributed by atoms with E-state index < -0.39 is 0 Å². The van der Waals surface area contributed by atoms with Crippen molar-refractivity contribution in [2.24, 2.45) is 0 Å². The van der Waals surface area contributed by atoms with Crippen molar-refractivity contribution >= 4 is 11.4 Å². The summed E-state index contributed by atoms with van der Waals surface area (Å²) in [5, 5.41) is 0. The van der Waals surface area contributed by atoms with Gasteiger partial charge < -0.3 is 11.5 Å². The summed E-state index contributed by atoms with van der Waals surface area (Å²) in [6.45, 7) is 13.0. The molecule has 0 aliphatic heterocycles. The molecular formula is C21H30N2. The largest absolute Gasteiger partial charge is 0.398 e. The molecule has 0 aliphatic carbocycles. The summed E-state index contributed by atoms with van der Waals surface area (Å²) < 4.78 is 0. The lowest BCUT2D eigenvalue weighted by molar-refractivity contribution is 0.854. The Hall–Kier alpha value is -1.96. The molecule has 0 amide bonds. The van der Waals surface area contributed by atoms with Gasteiger partial charge in [0, 0.05) is 17.8 Å². The molecule has 0 atom stereocenters. The molecule has 0 aromatic heterocycles. The Labute approximate surface area is 140 Å². The van der Waals surface area contributed by atoms with Gasteiger partial charge in [-0.25, -0.2) is 0 Å². The van der Waals surface area contributed by atoms with E-state index in [-0.39, 0.29) is 0 Å². The topological polar surface area (TPSA) is 52.0 Å². The molecule has 0 saturated carbocycles. The van der Waals surface area contributed by atoms with E-state index in [0.717, 1.165) is 28.9 Å². The summed E-state index contributed by atoms with van der Waals surface area (Å²) >= 11 is 0. The SMILES string of the molecule is Cc1c(C(C)C)ccc(Cc2ccc(C(C)C)c(C)c2N)c1N. The van der Waals surface area contributed by atoms with Gasteiger partial charge in [0.15, 0.2) is 0 Å². The average molecular weight is 310 g/mol. The normalized spacial score (nSPS) is 11.5. The van der Waals surface area contributed by atoms with Crippen molar-refractivity contribution in [3.05, 3.63) is 57.6 Å². The summed E-state index contributed by atoms with van der Waals surface area (Å²) in [7, 11) is 0. The monoisotopic (exact) mass is 310 g/mol. The fourth-order valence-electron chi connectivity index (χ4n) is 3.37. The third-order valence-corrected chi connectivity index (χ3v) is 4.92. The highest BCUT2D eigenvalue weighted by atomic mass is 14.6. The van der Waals surface area contributed by atoms with Crippen molar-refractivity contribution in [1.29, 1.82) is 0 Å². The summed E-state index contributed by atoms with van der Waals surface area (Å²) in [5.41, 5.74) is 22.0. The second-order valence-electron chi connectivity index (χ2n) is 7.19. The summed E-state index contributed by atoms with van der Waals surface area (Å²) in [6, 6.07) is 8.72. The predicted molar refractivity (Wildman–Crippen MR) is 102 cm³/mol. The second-order valence-corrected chi connectivity index (χ2v) is 7.19. The minimum atomic E-state index is 0.490. The number of nitrogen functional groups attached to an aromatic ring is 2. The molecule has 4 N–H and O–H groups in total. The van der Waals surface area contributed by atoms with Crippen LogP contribution in [0.1, 0.15) is 72.9 Å². The lowest BCUT2D eigenvalue weighted by Crippen LogP contribution is -2.06. The van der Waals surface area contributed by atoms with E-state index in [1.165, 1.54) is 22.3 Å². The van der Waals surface area contributed by atoms with Gasteiger partial charge in [-0.15, -0.1) is 0 Å². The molecular weight excluding hydrogens is 280 g/mol. The second kappa shape index (κ2) is 6.66. The van der Waals surface area contributed by atoms with Crippen molar-refractivity contribution < 1.29 is 0 Å². The number of nitrogens with two attached hydrogens (primary N) is 2. The molecule has 124 valence electrons. The van der Waals surface area contributed by atoms with E-state index in [2.05, 4.69) is 65.8 Å². The van der Waals surface area contributed by atoms with Crippen LogP contribution in [0, 0.1) is 13.8 Å². The average Bonchev–Trinajstić information content (AvgIpc) is 2.48. The quantitative estimate of drug-likeness (QED) is 0.752. The molecule has 2 nitrogen and oxygen atoms in total. The zero-order valence-electron chi connectivity index (χ0n) is 15.3. The zero-order valence-corrected chi connectivity index (χ0v) is 15.3. The van der Waals surface area contributed by atoms with Crippen LogP contribution < -0.4 is 11.5 Å². The Bertz CT molecular complexity index is 651. The van der Waals surface area contributed by atoms with Crippen molar-refractivity contribution in [3.8, 4) is 0 Å². The van der Waals surface area contributed by atoms with Gasteiger partial charge >= 0.3 is 0 Å². The first-order valence-electron chi connectivity index (χ1n) is 8.49. The third kappa shape index (κ3) is 3.36. The molecule has 23 heavy (non-hydrogen) atoms. The Balaban J connectivity index is 2.41. The molecule has 2 rings (SSSR count). The lowest BCUT2D eigenvalue weighted by atomic mass is 9.89. The van der Waals surface area contributed by atoms with Gasteiger partial charge in [0.25, 0.3) is 0 Å². The number of hydrogen-bond acceptors (Lipinski definition) is 2. The van der Waals surface area contributed by atoms with Gasteiger partial charge in [-0.05, 0) is 59.1 Å². The van der Waals surface area contributed by atoms with E-state index >= 15 is 0 Å². The predicted octanol–water partition coefficient (Wildman–Crippen LogP) is 5.31. The first kappa shape index (κ1) is 17.4. The van der Waals surface area contributed by atoms with Crippen LogP contribution in [0.5, 0.6) is 0 Å². The van der Waals surface area contributed by atoms with Crippen LogP contribution in [0.25, 0.3) is 0 Å². The van der Waals surface area contributed by atoms with Crippen molar-refractivity contribution in [2.75, 3.05) is 11.5 Å². The van der Waals surface area contributed by atoms with Crippen molar-refractivity contribution in [1.82, 2.24) is 0 Å². The number of benzene rings is 2. The Kier molecular flexibility index (Phi) is 5.03. The molecule has 0 unspecified atom stereocenters. The van der Waals surface area contributed by atoms with Crippen LogP contribution in [-0.2, 0) is 6.42 Å². The minimum Gasteiger partial charge on any atom is -0.398 e. The summed E-state index contributed by atoms with van der Waals surface area (Å²) in [4.78, 5) is 0. The fourth-order valence-corrected chi connectivity index (χ4v) is 3.37. The molecule has 0 radical (unpaired) electrons. The molecule has 2 aromatic rings. The molecule has 0 fully saturated rings. The fraction of sp³-hybridized carbons (Fsp3) is 0.429. The number of hydrogen-bond donors (Lipinski definition) is 2. The standard InChI is InChI=1S/C21H30N2/c1-12(2)18-9-7-16(20(22)14(18)5)11-17-8-10-19(13(3)4)15(6)21(17)23/h7-10,12-13H,11,22-23H2,1-6H3. The molecule has 0 spiro atoms. The van der Waals surface area contributed by atoms with E-state index in [1.807, 2.05) is 0 Å². The van der Waals surface area contributed by atoms with E-state index in [1.54, 1.807) is 0 Å². The van der Waals surface area contributed by atoms with Crippen LogP contribution >= 0.6 is 0 Å². The molecule has 2 aromatic carbocycles. The lowest BCUT2D eigenvalue weighted by Gasteiger charge is -2.18. The highest BCUT2D eigenvalue weighted by Gasteiger charge is 2.14. The van der Waals surface area contributed by atoms with Crippen LogP contribution in [0.15, 0.2) is 24.3 Å². The number of rotatable bonds is 4. The summed E-state index contributed by atoms with van der Waals surface area (Å²) in [5.74, 6) is 0.980. The van der Waals surface area contributed by atoms with Gasteiger partial charge in [0.2, 0.25) is 0 Å². The van der Waals surface area contributed by atoms with E-state index in [9.17, 15) is 0 Å². The van der Waals surface area contributed by atoms with Crippen LogP contribution in [0.2, 0.25) is 0 Å². The van der Waals surface area contributed by atoms with Gasteiger partial charge in [0.1, 0.15) is 0 Å². The van der Waals surface area contributed by atoms with Crippen LogP contribution in [0.4, 0.5) is 11.4 Å².